The summed E-state index contributed by atoms with van der Waals surface area (Å²) in [5.74, 6) is 0. The average molecular weight is 409 g/mol. The van der Waals surface area contributed by atoms with Gasteiger partial charge in [-0.2, -0.15) is 16.8 Å². The lowest BCUT2D eigenvalue weighted by Gasteiger charge is -1.95. The van der Waals surface area contributed by atoms with Gasteiger partial charge in [0.05, 0.1) is 9.79 Å². The predicted molar refractivity (Wildman–Crippen MR) is 85.0 cm³/mol. The highest BCUT2D eigenvalue weighted by Gasteiger charge is 2.07. The minimum absolute atomic E-state index is 0.0666. The molecule has 0 amide bonds. The molecule has 0 fully saturated rings. The molecule has 2 rings (SSSR count). The summed E-state index contributed by atoms with van der Waals surface area (Å²) in [5.41, 5.74) is 0.956. The third-order valence-corrected chi connectivity index (χ3v) is 4.69. The second-order valence-corrected chi connectivity index (χ2v) is 7.98. The van der Waals surface area contributed by atoms with Crippen molar-refractivity contribution in [3.8, 4) is 0 Å². The van der Waals surface area contributed by atoms with Gasteiger partial charge >= 0.3 is 0 Å². The molecule has 0 aliphatic carbocycles. The van der Waals surface area contributed by atoms with E-state index in [0.29, 0.717) is 0 Å². The topological polar surface area (TPSA) is 109 Å². The van der Waals surface area contributed by atoms with Crippen molar-refractivity contribution in [3.05, 3.63) is 58.6 Å². The van der Waals surface area contributed by atoms with Gasteiger partial charge in [0.15, 0.2) is 0 Å². The first kappa shape index (κ1) is 18.8. The fourth-order valence-electron chi connectivity index (χ4n) is 1.32. The summed E-state index contributed by atoms with van der Waals surface area (Å²) in [6.45, 7) is 1.84. The van der Waals surface area contributed by atoms with Crippen LogP contribution in [0.25, 0.3) is 0 Å². The molecule has 0 bridgehead atoms. The van der Waals surface area contributed by atoms with Crippen LogP contribution in [0.2, 0.25) is 0 Å². The molecule has 0 aromatic heterocycles. The summed E-state index contributed by atoms with van der Waals surface area (Å²) in [6.07, 6.45) is 0. The Bertz CT molecular complexity index is 752. The summed E-state index contributed by atoms with van der Waals surface area (Å²) in [6, 6.07) is 11.7. The summed E-state index contributed by atoms with van der Waals surface area (Å²) >= 11 is 3.14. The number of hydrogen-bond donors (Lipinski definition) is 2. The molecule has 0 radical (unpaired) electrons. The Morgan fingerprint density at radius 1 is 0.727 bits per heavy atom. The zero-order valence-electron chi connectivity index (χ0n) is 11.3. The molecule has 0 saturated carbocycles. The molecule has 120 valence electrons. The number of rotatable bonds is 2. The first-order valence-corrected chi connectivity index (χ1v) is 9.44. The average Bonchev–Trinajstić information content (AvgIpc) is 2.38. The molecular weight excluding hydrogens is 396 g/mol. The van der Waals surface area contributed by atoms with E-state index in [1.165, 1.54) is 24.3 Å². The summed E-state index contributed by atoms with van der Waals surface area (Å²) < 4.78 is 59.8. The van der Waals surface area contributed by atoms with Gasteiger partial charge in [0.1, 0.15) is 0 Å². The number of aryl methyl sites for hydroxylation is 1. The van der Waals surface area contributed by atoms with E-state index in [1.54, 1.807) is 24.3 Å². The van der Waals surface area contributed by atoms with Gasteiger partial charge in [-0.1, -0.05) is 33.6 Å². The lowest BCUT2D eigenvalue weighted by Crippen LogP contribution is -1.96. The molecule has 2 aromatic rings. The Kier molecular flexibility index (Phi) is 6.27. The molecule has 0 saturated heterocycles. The maximum atomic E-state index is 10.5. The van der Waals surface area contributed by atoms with Crippen LogP contribution in [0.15, 0.2) is 62.8 Å². The van der Waals surface area contributed by atoms with E-state index in [2.05, 4.69) is 15.9 Å². The number of benzene rings is 2. The molecule has 0 atom stereocenters. The lowest BCUT2D eigenvalue weighted by atomic mass is 10.2. The van der Waals surface area contributed by atoms with E-state index >= 15 is 0 Å². The maximum absolute atomic E-state index is 10.5. The zero-order valence-corrected chi connectivity index (χ0v) is 14.6. The number of halogens is 1. The van der Waals surface area contributed by atoms with Crippen molar-refractivity contribution >= 4 is 36.2 Å². The maximum Gasteiger partial charge on any atom is 0.294 e. The highest BCUT2D eigenvalue weighted by molar-refractivity contribution is 9.10. The van der Waals surface area contributed by atoms with E-state index in [-0.39, 0.29) is 9.79 Å². The standard InChI is InChI=1S/C7H8O3S.C6H5BrO3S/c1-6-2-4-7(5-3-6)11(8,9)10;7-5-1-3-6(4-2-5)11(8,9)10/h2-5H,1H3,(H,8,9,10);1-4H,(H,8,9,10). The third-order valence-electron chi connectivity index (χ3n) is 2.43. The van der Waals surface area contributed by atoms with Crippen LogP contribution in [-0.2, 0) is 20.2 Å². The zero-order chi connectivity index (χ0) is 17.0. The van der Waals surface area contributed by atoms with Crippen molar-refractivity contribution < 1.29 is 25.9 Å². The van der Waals surface area contributed by atoms with Crippen molar-refractivity contribution in [3.63, 3.8) is 0 Å². The van der Waals surface area contributed by atoms with Crippen LogP contribution in [0.3, 0.4) is 0 Å². The lowest BCUT2D eigenvalue weighted by molar-refractivity contribution is 0.481. The Labute approximate surface area is 137 Å². The molecule has 2 aromatic carbocycles. The third kappa shape index (κ3) is 6.24. The van der Waals surface area contributed by atoms with E-state index in [1.807, 2.05) is 6.92 Å². The van der Waals surface area contributed by atoms with E-state index in [4.69, 9.17) is 9.11 Å². The first-order chi connectivity index (χ1) is 10.00. The first-order valence-electron chi connectivity index (χ1n) is 5.77. The van der Waals surface area contributed by atoms with Crippen LogP contribution in [0.5, 0.6) is 0 Å². The second-order valence-electron chi connectivity index (χ2n) is 4.22. The molecule has 0 heterocycles. The van der Waals surface area contributed by atoms with Crippen LogP contribution in [-0.4, -0.2) is 25.9 Å². The van der Waals surface area contributed by atoms with E-state index < -0.39 is 20.2 Å². The quantitative estimate of drug-likeness (QED) is 0.739. The van der Waals surface area contributed by atoms with Gasteiger partial charge in [0, 0.05) is 4.47 Å². The summed E-state index contributed by atoms with van der Waals surface area (Å²) in [5, 5.41) is 0. The fraction of sp³-hybridized carbons (Fsp3) is 0.0769. The highest BCUT2D eigenvalue weighted by Crippen LogP contribution is 2.13. The molecule has 0 unspecified atom stereocenters. The van der Waals surface area contributed by atoms with Crippen LogP contribution in [0, 0.1) is 6.92 Å². The van der Waals surface area contributed by atoms with Gasteiger partial charge in [0.25, 0.3) is 20.2 Å². The van der Waals surface area contributed by atoms with Gasteiger partial charge in [-0.05, 0) is 43.3 Å². The van der Waals surface area contributed by atoms with Crippen LogP contribution in [0.4, 0.5) is 0 Å². The van der Waals surface area contributed by atoms with Crippen LogP contribution >= 0.6 is 15.9 Å². The molecule has 0 aliphatic heterocycles. The molecule has 9 heteroatoms. The van der Waals surface area contributed by atoms with Crippen molar-refractivity contribution in [1.82, 2.24) is 0 Å². The molecular formula is C13H13BrO6S2. The van der Waals surface area contributed by atoms with Gasteiger partial charge < -0.3 is 0 Å². The molecule has 0 spiro atoms. The fourth-order valence-corrected chi connectivity index (χ4v) is 2.54. The van der Waals surface area contributed by atoms with Gasteiger partial charge in [-0.15, -0.1) is 0 Å². The Morgan fingerprint density at radius 2 is 1.05 bits per heavy atom. The molecule has 2 N–H and O–H groups in total. The smallest absolute Gasteiger partial charge is 0.282 e. The SMILES string of the molecule is Cc1ccc(S(=O)(=O)O)cc1.O=S(=O)(O)c1ccc(Br)cc1. The van der Waals surface area contributed by atoms with Gasteiger partial charge in [-0.3, -0.25) is 9.11 Å². The number of hydrogen-bond acceptors (Lipinski definition) is 4. The Morgan fingerprint density at radius 3 is 1.36 bits per heavy atom. The van der Waals surface area contributed by atoms with Crippen LogP contribution in [0.1, 0.15) is 5.56 Å². The van der Waals surface area contributed by atoms with Gasteiger partial charge in [-0.25, -0.2) is 0 Å². The van der Waals surface area contributed by atoms with E-state index in [0.717, 1.165) is 10.0 Å². The normalized spacial score (nSPS) is 11.5. The largest absolute Gasteiger partial charge is 0.294 e. The van der Waals surface area contributed by atoms with Crippen molar-refractivity contribution in [2.75, 3.05) is 0 Å². The van der Waals surface area contributed by atoms with Crippen molar-refractivity contribution in [2.24, 2.45) is 0 Å². The van der Waals surface area contributed by atoms with Crippen LogP contribution < -0.4 is 0 Å². The molecule has 6 nitrogen and oxygen atoms in total. The predicted octanol–water partition coefficient (Wildman–Crippen LogP) is 2.94. The van der Waals surface area contributed by atoms with E-state index in [9.17, 15) is 16.8 Å². The minimum atomic E-state index is -4.04. The second kappa shape index (κ2) is 7.34. The Hall–Kier alpha value is -1.26. The minimum Gasteiger partial charge on any atom is -0.282 e. The van der Waals surface area contributed by atoms with Crippen molar-refractivity contribution in [1.29, 1.82) is 0 Å². The molecule has 0 aliphatic rings. The Balaban J connectivity index is 0.000000220. The monoisotopic (exact) mass is 408 g/mol. The van der Waals surface area contributed by atoms with Crippen molar-refractivity contribution in [2.45, 2.75) is 16.7 Å². The van der Waals surface area contributed by atoms with Gasteiger partial charge in [0.2, 0.25) is 0 Å². The highest BCUT2D eigenvalue weighted by atomic mass is 79.9. The summed E-state index contributed by atoms with van der Waals surface area (Å²) in [4.78, 5) is -0.163. The molecule has 22 heavy (non-hydrogen) atoms. The summed E-state index contributed by atoms with van der Waals surface area (Å²) in [7, 11) is -8.06.